The van der Waals surface area contributed by atoms with E-state index < -0.39 is 11.5 Å². The van der Waals surface area contributed by atoms with Crippen molar-refractivity contribution >= 4 is 51.7 Å². The fourth-order valence-corrected chi connectivity index (χ4v) is 3.71. The zero-order valence-electron chi connectivity index (χ0n) is 15.6. The van der Waals surface area contributed by atoms with Crippen LogP contribution in [0, 0.1) is 0 Å². The molecule has 0 atom stereocenters. The molecule has 0 radical (unpaired) electrons. The second-order valence-electron chi connectivity index (χ2n) is 6.51. The SMILES string of the molecule is O=C(Nc1ccc(SC(F)(F)F)cc1)Nc1c[nH]c2ccc(-c3cncc(Cl)c3)cc12. The van der Waals surface area contributed by atoms with Crippen LogP contribution in [0.15, 0.2) is 72.0 Å². The molecule has 3 N–H and O–H groups in total. The maximum atomic E-state index is 12.4. The summed E-state index contributed by atoms with van der Waals surface area (Å²) in [6, 6.07) is 12.4. The van der Waals surface area contributed by atoms with Crippen LogP contribution in [0.1, 0.15) is 0 Å². The van der Waals surface area contributed by atoms with Gasteiger partial charge in [0.2, 0.25) is 0 Å². The van der Waals surface area contributed by atoms with E-state index in [-0.39, 0.29) is 16.7 Å². The molecule has 0 saturated heterocycles. The number of carbonyl (C=O) groups excluding carboxylic acids is 1. The Morgan fingerprint density at radius 3 is 2.48 bits per heavy atom. The highest BCUT2D eigenvalue weighted by molar-refractivity contribution is 8.00. The minimum absolute atomic E-state index is 0.0399. The van der Waals surface area contributed by atoms with Crippen LogP contribution < -0.4 is 10.6 Å². The number of H-pyrrole nitrogens is 1. The van der Waals surface area contributed by atoms with Gasteiger partial charge in [0, 0.05) is 45.6 Å². The highest BCUT2D eigenvalue weighted by Gasteiger charge is 2.29. The van der Waals surface area contributed by atoms with Crippen LogP contribution >= 0.6 is 23.4 Å². The van der Waals surface area contributed by atoms with E-state index in [0.717, 1.165) is 22.0 Å². The van der Waals surface area contributed by atoms with Crippen molar-refractivity contribution in [3.63, 3.8) is 0 Å². The summed E-state index contributed by atoms with van der Waals surface area (Å²) in [6.45, 7) is 0. The van der Waals surface area contributed by atoms with Crippen molar-refractivity contribution in [2.24, 2.45) is 0 Å². The van der Waals surface area contributed by atoms with Crippen LogP contribution in [0.25, 0.3) is 22.0 Å². The quantitative estimate of drug-likeness (QED) is 0.282. The van der Waals surface area contributed by atoms with Crippen molar-refractivity contribution in [3.05, 3.63) is 72.1 Å². The summed E-state index contributed by atoms with van der Waals surface area (Å²) in [5.74, 6) is 0. The summed E-state index contributed by atoms with van der Waals surface area (Å²) < 4.78 is 37.3. The molecule has 0 unspecified atom stereocenters. The molecule has 5 nitrogen and oxygen atoms in total. The summed E-state index contributed by atoms with van der Waals surface area (Å²) in [5, 5.41) is 6.65. The molecule has 2 aromatic heterocycles. The van der Waals surface area contributed by atoms with Crippen molar-refractivity contribution in [1.29, 1.82) is 0 Å². The average molecular weight is 463 g/mol. The van der Waals surface area contributed by atoms with Crippen LogP contribution in [0.5, 0.6) is 0 Å². The molecule has 0 aliphatic carbocycles. The topological polar surface area (TPSA) is 69.8 Å². The van der Waals surface area contributed by atoms with E-state index in [1.165, 1.54) is 24.3 Å². The number of thioether (sulfide) groups is 1. The molecular formula is C21H14ClF3N4OS. The number of hydrogen-bond acceptors (Lipinski definition) is 3. The molecule has 2 amide bonds. The van der Waals surface area contributed by atoms with Crippen molar-refractivity contribution in [1.82, 2.24) is 9.97 Å². The molecule has 2 aromatic carbocycles. The Morgan fingerprint density at radius 2 is 1.77 bits per heavy atom. The van der Waals surface area contributed by atoms with Crippen molar-refractivity contribution in [3.8, 4) is 11.1 Å². The number of alkyl halides is 3. The third-order valence-corrected chi connectivity index (χ3v) is 5.26. The number of nitrogens with zero attached hydrogens (tertiary/aromatic N) is 1. The van der Waals surface area contributed by atoms with Crippen LogP contribution in [-0.2, 0) is 0 Å². The number of benzene rings is 2. The Kier molecular flexibility index (Phi) is 5.79. The van der Waals surface area contributed by atoms with Gasteiger partial charge in [-0.15, -0.1) is 0 Å². The molecule has 0 aliphatic rings. The maximum Gasteiger partial charge on any atom is 0.446 e. The minimum Gasteiger partial charge on any atom is -0.359 e. The first-order valence-corrected chi connectivity index (χ1v) is 10.1. The lowest BCUT2D eigenvalue weighted by molar-refractivity contribution is -0.0328. The number of amides is 2. The van der Waals surface area contributed by atoms with Crippen molar-refractivity contribution < 1.29 is 18.0 Å². The normalized spacial score (nSPS) is 11.5. The number of pyridine rings is 1. The number of aromatic amines is 1. The number of halogens is 4. The van der Waals surface area contributed by atoms with Gasteiger partial charge in [0.15, 0.2) is 0 Å². The second-order valence-corrected chi connectivity index (χ2v) is 8.08. The van der Waals surface area contributed by atoms with Crippen LogP contribution in [0.2, 0.25) is 5.02 Å². The molecule has 31 heavy (non-hydrogen) atoms. The number of anilines is 2. The van der Waals surface area contributed by atoms with Gasteiger partial charge < -0.3 is 15.6 Å². The first kappa shape index (κ1) is 21.1. The van der Waals surface area contributed by atoms with Crippen LogP contribution in [0.4, 0.5) is 29.3 Å². The fourth-order valence-electron chi connectivity index (χ4n) is 3.00. The summed E-state index contributed by atoms with van der Waals surface area (Å²) in [7, 11) is 0. The van der Waals surface area contributed by atoms with Gasteiger partial charge in [-0.25, -0.2) is 4.79 Å². The number of rotatable bonds is 4. The second kappa shape index (κ2) is 8.52. The number of urea groups is 1. The van der Waals surface area contributed by atoms with Gasteiger partial charge in [-0.2, -0.15) is 13.2 Å². The lowest BCUT2D eigenvalue weighted by Crippen LogP contribution is -2.19. The third-order valence-electron chi connectivity index (χ3n) is 4.31. The monoisotopic (exact) mass is 462 g/mol. The standard InChI is InChI=1S/C21H14ClF3N4OS/c22-14-7-13(9-26-10-14)12-1-6-18-17(8-12)19(11-27-18)29-20(30)28-15-2-4-16(5-3-15)31-21(23,24)25/h1-11,27H,(H2,28,29,30). The van der Waals surface area contributed by atoms with Gasteiger partial charge in [0.1, 0.15) is 0 Å². The van der Waals surface area contributed by atoms with Crippen molar-refractivity contribution in [2.45, 2.75) is 10.4 Å². The first-order chi connectivity index (χ1) is 14.8. The smallest absolute Gasteiger partial charge is 0.359 e. The van der Waals surface area contributed by atoms with E-state index in [1.807, 2.05) is 18.2 Å². The fraction of sp³-hybridized carbons (Fsp3) is 0.0476. The zero-order valence-corrected chi connectivity index (χ0v) is 17.2. The lowest BCUT2D eigenvalue weighted by Gasteiger charge is -2.09. The maximum absolute atomic E-state index is 12.4. The first-order valence-electron chi connectivity index (χ1n) is 8.93. The number of aromatic nitrogens is 2. The molecular weight excluding hydrogens is 449 g/mol. The molecule has 0 saturated carbocycles. The van der Waals surface area contributed by atoms with Gasteiger partial charge in [-0.1, -0.05) is 17.7 Å². The van der Waals surface area contributed by atoms with E-state index in [1.54, 1.807) is 24.7 Å². The average Bonchev–Trinajstić information content (AvgIpc) is 3.10. The van der Waals surface area contributed by atoms with E-state index in [4.69, 9.17) is 11.6 Å². The largest absolute Gasteiger partial charge is 0.446 e. The Labute approximate surface area is 184 Å². The van der Waals surface area contributed by atoms with E-state index in [9.17, 15) is 18.0 Å². The Bertz CT molecular complexity index is 1240. The van der Waals surface area contributed by atoms with E-state index >= 15 is 0 Å². The summed E-state index contributed by atoms with van der Waals surface area (Å²) in [4.78, 5) is 19.6. The summed E-state index contributed by atoms with van der Waals surface area (Å²) in [6.07, 6.45) is 4.90. The highest BCUT2D eigenvalue weighted by Crippen LogP contribution is 2.37. The Hall–Kier alpha value is -3.17. The van der Waals surface area contributed by atoms with E-state index in [0.29, 0.717) is 16.4 Å². The van der Waals surface area contributed by atoms with E-state index in [2.05, 4.69) is 20.6 Å². The summed E-state index contributed by atoms with van der Waals surface area (Å²) in [5.41, 5.74) is -0.904. The summed E-state index contributed by atoms with van der Waals surface area (Å²) >= 11 is 5.81. The molecule has 158 valence electrons. The molecule has 4 aromatic rings. The molecule has 0 bridgehead atoms. The molecule has 2 heterocycles. The van der Waals surface area contributed by atoms with Crippen molar-refractivity contribution in [2.75, 3.05) is 10.6 Å². The lowest BCUT2D eigenvalue weighted by atomic mass is 10.1. The predicted octanol–water partition coefficient (Wildman–Crippen LogP) is 7.14. The number of hydrogen-bond donors (Lipinski definition) is 3. The van der Waals surface area contributed by atoms with Gasteiger partial charge in [-0.05, 0) is 59.8 Å². The molecule has 0 fully saturated rings. The molecule has 4 rings (SSSR count). The van der Waals surface area contributed by atoms with Gasteiger partial charge >= 0.3 is 11.5 Å². The number of fused-ring (bicyclic) bond motifs is 1. The third kappa shape index (κ3) is 5.31. The highest BCUT2D eigenvalue weighted by atomic mass is 35.5. The van der Waals surface area contributed by atoms with Gasteiger partial charge in [0.05, 0.1) is 10.7 Å². The predicted molar refractivity (Wildman–Crippen MR) is 118 cm³/mol. The number of nitrogens with one attached hydrogen (secondary N) is 3. The number of carbonyl (C=O) groups is 1. The molecule has 10 heteroatoms. The Morgan fingerprint density at radius 1 is 1.00 bits per heavy atom. The van der Waals surface area contributed by atoms with Crippen LogP contribution in [0.3, 0.4) is 0 Å². The van der Waals surface area contributed by atoms with Gasteiger partial charge in [-0.3, -0.25) is 4.98 Å². The zero-order chi connectivity index (χ0) is 22.0. The van der Waals surface area contributed by atoms with Gasteiger partial charge in [0.25, 0.3) is 0 Å². The minimum atomic E-state index is -4.36. The van der Waals surface area contributed by atoms with Crippen LogP contribution in [-0.4, -0.2) is 21.5 Å². The molecule has 0 aliphatic heterocycles. The Balaban J connectivity index is 1.49. The molecule has 0 spiro atoms.